The number of hydrogen-bond donors (Lipinski definition) is 1. The van der Waals surface area contributed by atoms with Gasteiger partial charge in [0.25, 0.3) is 10.0 Å². The number of carbonyl (C=O) groups excluding carboxylic acids is 2. The molecule has 3 aromatic carbocycles. The average Bonchev–Trinajstić information content (AvgIpc) is 3.07. The maximum absolute atomic E-state index is 14.3. The molecule has 0 saturated heterocycles. The van der Waals surface area contributed by atoms with E-state index in [1.807, 2.05) is 19.1 Å². The van der Waals surface area contributed by atoms with E-state index < -0.39 is 28.5 Å². The molecule has 1 fully saturated rings. The highest BCUT2D eigenvalue weighted by atomic mass is 32.2. The molecule has 4 rings (SSSR count). The summed E-state index contributed by atoms with van der Waals surface area (Å²) in [5, 5.41) is 3.16. The molecule has 1 saturated carbocycles. The number of benzene rings is 3. The molecule has 1 aliphatic carbocycles. The summed E-state index contributed by atoms with van der Waals surface area (Å²) < 4.78 is 45.5. The largest absolute Gasteiger partial charge is 0.497 e. The van der Waals surface area contributed by atoms with E-state index >= 15 is 0 Å². The number of carbonyl (C=O) groups is 2. The number of ether oxygens (including phenoxy) is 3. The zero-order valence-corrected chi connectivity index (χ0v) is 27.2. The fourth-order valence-corrected chi connectivity index (χ4v) is 7.09. The predicted molar refractivity (Wildman–Crippen MR) is 173 cm³/mol. The molecule has 1 unspecified atom stereocenters. The van der Waals surface area contributed by atoms with Crippen molar-refractivity contribution in [1.29, 1.82) is 0 Å². The molecule has 10 nitrogen and oxygen atoms in total. The van der Waals surface area contributed by atoms with Gasteiger partial charge >= 0.3 is 0 Å². The number of nitrogens with one attached hydrogen (secondary N) is 1. The van der Waals surface area contributed by atoms with Crippen molar-refractivity contribution >= 4 is 27.5 Å². The van der Waals surface area contributed by atoms with Crippen molar-refractivity contribution in [2.45, 2.75) is 69.0 Å². The zero-order valence-electron chi connectivity index (χ0n) is 26.4. The molecular weight excluding hydrogens is 594 g/mol. The molecule has 1 atom stereocenters. The molecule has 0 radical (unpaired) electrons. The van der Waals surface area contributed by atoms with Crippen LogP contribution in [-0.4, -0.2) is 65.1 Å². The van der Waals surface area contributed by atoms with Crippen LogP contribution in [0.3, 0.4) is 0 Å². The van der Waals surface area contributed by atoms with Gasteiger partial charge in [-0.05, 0) is 61.2 Å². The van der Waals surface area contributed by atoms with Crippen molar-refractivity contribution in [3.63, 3.8) is 0 Å². The van der Waals surface area contributed by atoms with Crippen molar-refractivity contribution in [3.05, 3.63) is 78.4 Å². The Morgan fingerprint density at radius 1 is 0.867 bits per heavy atom. The second-order valence-corrected chi connectivity index (χ2v) is 12.9. The molecule has 0 heterocycles. The topological polar surface area (TPSA) is 114 Å². The minimum Gasteiger partial charge on any atom is -0.497 e. The first-order valence-electron chi connectivity index (χ1n) is 15.2. The van der Waals surface area contributed by atoms with Gasteiger partial charge in [0.15, 0.2) is 11.5 Å². The Balaban J connectivity index is 1.72. The first-order chi connectivity index (χ1) is 21.7. The van der Waals surface area contributed by atoms with E-state index in [1.165, 1.54) is 37.3 Å². The maximum Gasteiger partial charge on any atom is 0.264 e. The number of methoxy groups -OCH3 is 3. The maximum atomic E-state index is 14.3. The molecule has 2 amide bonds. The highest BCUT2D eigenvalue weighted by molar-refractivity contribution is 7.92. The normalized spacial score (nSPS) is 14.2. The molecule has 0 bridgehead atoms. The summed E-state index contributed by atoms with van der Waals surface area (Å²) in [7, 11) is 0.179. The first kappa shape index (κ1) is 33.6. The Kier molecular flexibility index (Phi) is 11.7. The Hall–Kier alpha value is -4.25. The van der Waals surface area contributed by atoms with Gasteiger partial charge < -0.3 is 24.4 Å². The molecule has 0 aromatic heterocycles. The fraction of sp³-hybridized carbons (Fsp3) is 0.412. The average molecular weight is 638 g/mol. The van der Waals surface area contributed by atoms with Crippen molar-refractivity contribution in [3.8, 4) is 17.2 Å². The van der Waals surface area contributed by atoms with Crippen LogP contribution in [0.5, 0.6) is 17.2 Å². The van der Waals surface area contributed by atoms with Gasteiger partial charge in [-0.2, -0.15) is 0 Å². The minimum absolute atomic E-state index is 0.0559. The summed E-state index contributed by atoms with van der Waals surface area (Å²) in [5.74, 6) is 0.466. The van der Waals surface area contributed by atoms with Gasteiger partial charge in [-0.1, -0.05) is 56.5 Å². The van der Waals surface area contributed by atoms with Crippen LogP contribution in [0.4, 0.5) is 5.69 Å². The Morgan fingerprint density at radius 2 is 1.58 bits per heavy atom. The highest BCUT2D eigenvalue weighted by Gasteiger charge is 2.34. The summed E-state index contributed by atoms with van der Waals surface area (Å²) in [4.78, 5) is 29.5. The van der Waals surface area contributed by atoms with Gasteiger partial charge in [0, 0.05) is 18.7 Å². The van der Waals surface area contributed by atoms with E-state index in [9.17, 15) is 18.0 Å². The van der Waals surface area contributed by atoms with Crippen molar-refractivity contribution in [1.82, 2.24) is 10.2 Å². The van der Waals surface area contributed by atoms with E-state index in [0.717, 1.165) is 42.0 Å². The van der Waals surface area contributed by atoms with E-state index in [-0.39, 0.29) is 29.1 Å². The lowest BCUT2D eigenvalue weighted by molar-refractivity contribution is -0.140. The quantitative estimate of drug-likeness (QED) is 0.260. The monoisotopic (exact) mass is 637 g/mol. The molecule has 0 aliphatic heterocycles. The standard InChI is InChI=1S/C34H43N3O7S/c1-5-30(34(39)35-26-14-8-6-9-15-26)36(23-25-13-12-18-28(21-25)42-2)33(38)24-37(27-16-10-7-11-17-27)45(40,41)29-19-20-31(43-3)32(22-29)44-4/h7,10-13,16-22,26,30H,5-6,8-9,14-15,23-24H2,1-4H3,(H,35,39). The lowest BCUT2D eigenvalue weighted by Gasteiger charge is -2.34. The van der Waals surface area contributed by atoms with Crippen LogP contribution in [0.25, 0.3) is 0 Å². The summed E-state index contributed by atoms with van der Waals surface area (Å²) in [6, 6.07) is 19.3. The Labute approximate surface area is 266 Å². The second-order valence-electron chi connectivity index (χ2n) is 11.0. The molecular formula is C34H43N3O7S. The van der Waals surface area contributed by atoms with Crippen LogP contribution in [0, 0.1) is 0 Å². The lowest BCUT2D eigenvalue weighted by atomic mass is 9.95. The number of hydrogen-bond acceptors (Lipinski definition) is 7. The molecule has 0 spiro atoms. The van der Waals surface area contributed by atoms with Gasteiger partial charge in [0.2, 0.25) is 11.8 Å². The molecule has 45 heavy (non-hydrogen) atoms. The third kappa shape index (κ3) is 8.27. The number of sulfonamides is 1. The molecule has 1 N–H and O–H groups in total. The van der Waals surface area contributed by atoms with Crippen molar-refractivity contribution in [2.24, 2.45) is 0 Å². The molecule has 242 valence electrons. The summed E-state index contributed by atoms with van der Waals surface area (Å²) >= 11 is 0. The molecule has 3 aromatic rings. The second kappa shape index (κ2) is 15.7. The van der Waals surface area contributed by atoms with E-state index in [1.54, 1.807) is 49.6 Å². The molecule has 11 heteroatoms. The number of rotatable bonds is 14. The number of amides is 2. The number of anilines is 1. The van der Waals surface area contributed by atoms with Gasteiger partial charge in [0.1, 0.15) is 18.3 Å². The summed E-state index contributed by atoms with van der Waals surface area (Å²) in [5.41, 5.74) is 1.06. The van der Waals surface area contributed by atoms with Crippen LogP contribution >= 0.6 is 0 Å². The Morgan fingerprint density at radius 3 is 2.22 bits per heavy atom. The molecule has 1 aliphatic rings. The zero-order chi connectivity index (χ0) is 32.4. The van der Waals surface area contributed by atoms with Crippen LogP contribution in [-0.2, 0) is 26.2 Å². The van der Waals surface area contributed by atoms with Crippen LogP contribution in [0.2, 0.25) is 0 Å². The predicted octanol–water partition coefficient (Wildman–Crippen LogP) is 5.16. The SMILES string of the molecule is CCC(C(=O)NC1CCCCC1)N(Cc1cccc(OC)c1)C(=O)CN(c1ccccc1)S(=O)(=O)c1ccc(OC)c(OC)c1. The van der Waals surface area contributed by atoms with E-state index in [2.05, 4.69) is 5.32 Å². The van der Waals surface area contributed by atoms with Crippen LogP contribution in [0.1, 0.15) is 51.0 Å². The lowest BCUT2D eigenvalue weighted by Crippen LogP contribution is -2.54. The van der Waals surface area contributed by atoms with Gasteiger partial charge in [-0.15, -0.1) is 0 Å². The Bertz CT molecular complexity index is 1540. The third-order valence-corrected chi connectivity index (χ3v) is 9.86. The smallest absolute Gasteiger partial charge is 0.264 e. The summed E-state index contributed by atoms with van der Waals surface area (Å²) in [6.45, 7) is 1.41. The van der Waals surface area contributed by atoms with Gasteiger partial charge in [0.05, 0.1) is 31.9 Å². The summed E-state index contributed by atoms with van der Waals surface area (Å²) in [6.07, 6.45) is 5.40. The minimum atomic E-state index is -4.27. The van der Waals surface area contributed by atoms with Crippen molar-refractivity contribution in [2.75, 3.05) is 32.2 Å². The number of para-hydroxylation sites is 1. The highest BCUT2D eigenvalue weighted by Crippen LogP contribution is 2.32. The number of nitrogens with zero attached hydrogens (tertiary/aromatic N) is 2. The fourth-order valence-electron chi connectivity index (χ4n) is 5.66. The third-order valence-electron chi connectivity index (χ3n) is 8.09. The van der Waals surface area contributed by atoms with Gasteiger partial charge in [-0.3, -0.25) is 13.9 Å². The first-order valence-corrected chi connectivity index (χ1v) is 16.7. The van der Waals surface area contributed by atoms with E-state index in [0.29, 0.717) is 23.6 Å². The van der Waals surface area contributed by atoms with Gasteiger partial charge in [-0.25, -0.2) is 8.42 Å². The van der Waals surface area contributed by atoms with Crippen molar-refractivity contribution < 1.29 is 32.2 Å². The van der Waals surface area contributed by atoms with Crippen LogP contribution < -0.4 is 23.8 Å². The van der Waals surface area contributed by atoms with E-state index in [4.69, 9.17) is 14.2 Å². The van der Waals surface area contributed by atoms with Crippen LogP contribution in [0.15, 0.2) is 77.7 Å².